The molecule has 1 aliphatic heterocycles. The van der Waals surface area contributed by atoms with Gasteiger partial charge in [0.2, 0.25) is 0 Å². The zero-order valence-electron chi connectivity index (χ0n) is 15.2. The molecule has 1 aliphatic carbocycles. The van der Waals surface area contributed by atoms with Crippen molar-refractivity contribution in [2.45, 2.75) is 64.3 Å². The van der Waals surface area contributed by atoms with Gasteiger partial charge in [0.15, 0.2) is 5.78 Å². The molecule has 0 radical (unpaired) electrons. The van der Waals surface area contributed by atoms with Crippen molar-refractivity contribution in [1.29, 1.82) is 0 Å². The van der Waals surface area contributed by atoms with Crippen LogP contribution >= 0.6 is 0 Å². The average molecular weight is 327 g/mol. The number of ketones is 1. The summed E-state index contributed by atoms with van der Waals surface area (Å²) in [5, 5.41) is 3.57. The Hall–Kier alpha value is -1.77. The van der Waals surface area contributed by atoms with Crippen LogP contribution in [0.4, 0.5) is 0 Å². The molecule has 3 heteroatoms. The molecule has 0 saturated heterocycles. The lowest BCUT2D eigenvalue weighted by Crippen LogP contribution is -2.44. The fourth-order valence-electron chi connectivity index (χ4n) is 4.00. The first-order valence-electron chi connectivity index (χ1n) is 9.19. The average Bonchev–Trinajstić information content (AvgIpc) is 2.82. The molecule has 24 heavy (non-hydrogen) atoms. The molecule has 0 spiro atoms. The lowest BCUT2D eigenvalue weighted by atomic mass is 9.84. The molecule has 0 amide bonds. The summed E-state index contributed by atoms with van der Waals surface area (Å²) in [5.74, 6) is 1.37. The fraction of sp³-hybridized carbons (Fsp3) is 0.571. The molecule has 0 atom stereocenters. The van der Waals surface area contributed by atoms with Crippen LogP contribution < -0.4 is 10.1 Å². The van der Waals surface area contributed by atoms with Crippen molar-refractivity contribution in [3.05, 3.63) is 35.4 Å². The smallest absolute Gasteiger partial charge is 0.160 e. The van der Waals surface area contributed by atoms with Crippen molar-refractivity contribution in [3.63, 3.8) is 0 Å². The molecular formula is C21H29NO2. The Morgan fingerprint density at radius 3 is 2.58 bits per heavy atom. The van der Waals surface area contributed by atoms with Crippen LogP contribution in [-0.2, 0) is 11.2 Å². The quantitative estimate of drug-likeness (QED) is 0.656. The van der Waals surface area contributed by atoms with Crippen LogP contribution in [0, 0.1) is 5.92 Å². The lowest BCUT2D eigenvalue weighted by Gasteiger charge is -2.36. The highest BCUT2D eigenvalue weighted by molar-refractivity contribution is 5.98. The molecule has 0 bridgehead atoms. The summed E-state index contributed by atoms with van der Waals surface area (Å²) < 4.78 is 5.37. The van der Waals surface area contributed by atoms with Crippen LogP contribution in [0.15, 0.2) is 24.3 Å². The van der Waals surface area contributed by atoms with E-state index in [1.54, 1.807) is 7.11 Å². The van der Waals surface area contributed by atoms with Gasteiger partial charge in [0.25, 0.3) is 0 Å². The van der Waals surface area contributed by atoms with Gasteiger partial charge in [-0.1, -0.05) is 25.7 Å². The van der Waals surface area contributed by atoms with Crippen LogP contribution in [-0.4, -0.2) is 18.4 Å². The Morgan fingerprint density at radius 1 is 1.21 bits per heavy atom. The minimum atomic E-state index is -0.0606. The highest BCUT2D eigenvalue weighted by Crippen LogP contribution is 2.33. The Bertz CT molecular complexity index is 637. The van der Waals surface area contributed by atoms with Crippen LogP contribution in [0.5, 0.6) is 5.75 Å². The van der Waals surface area contributed by atoms with Crippen molar-refractivity contribution >= 4 is 11.5 Å². The Morgan fingerprint density at radius 2 is 1.92 bits per heavy atom. The van der Waals surface area contributed by atoms with E-state index < -0.39 is 0 Å². The van der Waals surface area contributed by atoms with E-state index >= 15 is 0 Å². The predicted octanol–water partition coefficient (Wildman–Crippen LogP) is 4.50. The summed E-state index contributed by atoms with van der Waals surface area (Å²) in [4.78, 5) is 12.8. The van der Waals surface area contributed by atoms with Gasteiger partial charge in [0.1, 0.15) is 5.75 Å². The number of allylic oxidation sites excluding steroid dienone is 1. The molecule has 1 aromatic rings. The first-order chi connectivity index (χ1) is 11.5. The normalized spacial score (nSPS) is 22.4. The summed E-state index contributed by atoms with van der Waals surface area (Å²) in [6, 6.07) is 6.15. The number of rotatable bonds is 3. The SMILES string of the molecule is COc1ccc2c(c1)CC(C)(C)NC2=CC(=O)C1CCCCCC1. The number of methoxy groups -OCH3 is 1. The summed E-state index contributed by atoms with van der Waals surface area (Å²) in [6.45, 7) is 4.36. The van der Waals surface area contributed by atoms with Crippen molar-refractivity contribution in [1.82, 2.24) is 5.32 Å². The first kappa shape index (κ1) is 17.1. The van der Waals surface area contributed by atoms with E-state index in [4.69, 9.17) is 4.74 Å². The van der Waals surface area contributed by atoms with Gasteiger partial charge in [-0.15, -0.1) is 0 Å². The Kier molecular flexibility index (Phi) is 4.98. The Labute approximate surface area is 145 Å². The van der Waals surface area contributed by atoms with Crippen molar-refractivity contribution in [3.8, 4) is 5.75 Å². The van der Waals surface area contributed by atoms with E-state index in [9.17, 15) is 4.79 Å². The Balaban J connectivity index is 1.90. The van der Waals surface area contributed by atoms with Crippen molar-refractivity contribution < 1.29 is 9.53 Å². The molecule has 130 valence electrons. The van der Waals surface area contributed by atoms with Gasteiger partial charge in [0.05, 0.1) is 7.11 Å². The van der Waals surface area contributed by atoms with E-state index in [0.717, 1.165) is 36.3 Å². The third-order valence-electron chi connectivity index (χ3n) is 5.25. The van der Waals surface area contributed by atoms with Crippen LogP contribution in [0.25, 0.3) is 5.70 Å². The maximum Gasteiger partial charge on any atom is 0.160 e. The van der Waals surface area contributed by atoms with Crippen molar-refractivity contribution in [2.24, 2.45) is 5.92 Å². The van der Waals surface area contributed by atoms with E-state index in [0.29, 0.717) is 5.78 Å². The molecule has 1 aromatic carbocycles. The number of hydrogen-bond acceptors (Lipinski definition) is 3. The van der Waals surface area contributed by atoms with Gasteiger partial charge in [-0.25, -0.2) is 0 Å². The van der Waals surface area contributed by atoms with E-state index in [-0.39, 0.29) is 11.5 Å². The van der Waals surface area contributed by atoms with Crippen LogP contribution in [0.2, 0.25) is 0 Å². The predicted molar refractivity (Wildman–Crippen MR) is 98.1 cm³/mol. The number of hydrogen-bond donors (Lipinski definition) is 1. The number of benzene rings is 1. The fourth-order valence-corrected chi connectivity index (χ4v) is 4.00. The van der Waals surface area contributed by atoms with Gasteiger partial charge in [-0.05, 0) is 56.9 Å². The van der Waals surface area contributed by atoms with Gasteiger partial charge < -0.3 is 10.1 Å². The number of fused-ring (bicyclic) bond motifs is 1. The molecule has 3 rings (SSSR count). The van der Waals surface area contributed by atoms with Crippen LogP contribution in [0.1, 0.15) is 63.5 Å². The van der Waals surface area contributed by atoms with E-state index in [2.05, 4.69) is 31.3 Å². The summed E-state index contributed by atoms with van der Waals surface area (Å²) in [6.07, 6.45) is 9.79. The minimum Gasteiger partial charge on any atom is -0.497 e. The van der Waals surface area contributed by atoms with Crippen molar-refractivity contribution in [2.75, 3.05) is 7.11 Å². The summed E-state index contributed by atoms with van der Waals surface area (Å²) in [7, 11) is 1.69. The molecule has 1 heterocycles. The molecule has 0 unspecified atom stereocenters. The third kappa shape index (κ3) is 3.82. The van der Waals surface area contributed by atoms with Gasteiger partial charge in [-0.2, -0.15) is 0 Å². The second-order valence-electron chi connectivity index (χ2n) is 7.86. The standard InChI is InChI=1S/C21H29NO2/c1-21(2)14-16-12-17(24-3)10-11-18(16)19(22-21)13-20(23)15-8-6-4-5-7-9-15/h10-13,15,22H,4-9,14H2,1-3H3. The minimum absolute atomic E-state index is 0.0606. The zero-order chi connectivity index (χ0) is 17.2. The maximum absolute atomic E-state index is 12.8. The second-order valence-corrected chi connectivity index (χ2v) is 7.86. The van der Waals surface area contributed by atoms with Gasteiger partial charge in [0, 0.05) is 28.8 Å². The van der Waals surface area contributed by atoms with Gasteiger partial charge >= 0.3 is 0 Å². The molecule has 1 N–H and O–H groups in total. The van der Waals surface area contributed by atoms with Crippen LogP contribution in [0.3, 0.4) is 0 Å². The largest absolute Gasteiger partial charge is 0.497 e. The number of ether oxygens (including phenoxy) is 1. The van der Waals surface area contributed by atoms with E-state index in [1.807, 2.05) is 12.1 Å². The molecule has 2 aliphatic rings. The molecule has 1 fully saturated rings. The molecule has 0 aromatic heterocycles. The maximum atomic E-state index is 12.8. The molecule has 1 saturated carbocycles. The second kappa shape index (κ2) is 7.00. The third-order valence-corrected chi connectivity index (χ3v) is 5.25. The number of carbonyl (C=O) groups excluding carboxylic acids is 1. The lowest BCUT2D eigenvalue weighted by molar-refractivity contribution is -0.118. The molecule has 3 nitrogen and oxygen atoms in total. The van der Waals surface area contributed by atoms with E-state index in [1.165, 1.54) is 31.2 Å². The first-order valence-corrected chi connectivity index (χ1v) is 9.19. The number of carbonyl (C=O) groups is 1. The number of nitrogens with one attached hydrogen (secondary N) is 1. The molecular weight excluding hydrogens is 298 g/mol. The zero-order valence-corrected chi connectivity index (χ0v) is 15.2. The highest BCUT2D eigenvalue weighted by Gasteiger charge is 2.29. The topological polar surface area (TPSA) is 38.3 Å². The highest BCUT2D eigenvalue weighted by atomic mass is 16.5. The summed E-state index contributed by atoms with van der Waals surface area (Å²) >= 11 is 0. The van der Waals surface area contributed by atoms with Gasteiger partial charge in [-0.3, -0.25) is 4.79 Å². The monoisotopic (exact) mass is 327 g/mol. The summed E-state index contributed by atoms with van der Waals surface area (Å²) in [5.41, 5.74) is 3.29.